The molecule has 0 radical (unpaired) electrons. The molecule has 29 heavy (non-hydrogen) atoms. The molecule has 0 saturated heterocycles. The van der Waals surface area contributed by atoms with Crippen LogP contribution in [0.1, 0.15) is 30.0 Å². The Morgan fingerprint density at radius 2 is 1.79 bits per heavy atom. The van der Waals surface area contributed by atoms with Crippen molar-refractivity contribution in [2.45, 2.75) is 33.0 Å². The number of nitrogens with zero attached hydrogens (tertiary/aromatic N) is 2. The van der Waals surface area contributed by atoms with Gasteiger partial charge in [-0.2, -0.15) is 5.10 Å². The molecule has 3 aromatic rings. The summed E-state index contributed by atoms with van der Waals surface area (Å²) in [5, 5.41) is 10.8. The summed E-state index contributed by atoms with van der Waals surface area (Å²) in [5.74, 6) is 0. The van der Waals surface area contributed by atoms with E-state index in [9.17, 15) is 4.79 Å². The summed E-state index contributed by atoms with van der Waals surface area (Å²) >= 11 is 5.91. The van der Waals surface area contributed by atoms with E-state index in [0.717, 1.165) is 35.4 Å². The third kappa shape index (κ3) is 6.34. The van der Waals surface area contributed by atoms with Crippen LogP contribution in [0.2, 0.25) is 5.02 Å². The number of ether oxygens (including phenoxy) is 1. The number of aromatic nitrogens is 2. The number of nitrogens with one attached hydrogen (secondary N) is 2. The summed E-state index contributed by atoms with van der Waals surface area (Å²) in [6.07, 6.45) is 4.59. The van der Waals surface area contributed by atoms with E-state index in [1.54, 1.807) is 10.9 Å². The second-order valence-corrected chi connectivity index (χ2v) is 7.06. The minimum absolute atomic E-state index is 0.228. The average molecular weight is 413 g/mol. The Morgan fingerprint density at radius 3 is 2.55 bits per heavy atom. The topological polar surface area (TPSA) is 68.2 Å². The Labute approximate surface area is 175 Å². The lowest BCUT2D eigenvalue weighted by atomic mass is 10.1. The summed E-state index contributed by atoms with van der Waals surface area (Å²) in [6.45, 7) is 4.20. The SMILES string of the molecule is CCCOCc1ccccc1CNC(=O)NCc1cnn(-c2ccc(Cl)cc2)c1. The number of halogens is 1. The van der Waals surface area contributed by atoms with E-state index in [0.29, 0.717) is 24.7 Å². The van der Waals surface area contributed by atoms with Gasteiger partial charge in [0.15, 0.2) is 0 Å². The Morgan fingerprint density at radius 1 is 1.07 bits per heavy atom. The van der Waals surface area contributed by atoms with E-state index in [1.165, 1.54) is 0 Å². The number of hydrogen-bond donors (Lipinski definition) is 2. The maximum atomic E-state index is 12.2. The van der Waals surface area contributed by atoms with E-state index < -0.39 is 0 Å². The van der Waals surface area contributed by atoms with Crippen LogP contribution in [-0.2, 0) is 24.4 Å². The van der Waals surface area contributed by atoms with Crippen LogP contribution < -0.4 is 10.6 Å². The van der Waals surface area contributed by atoms with Crippen LogP contribution in [-0.4, -0.2) is 22.4 Å². The van der Waals surface area contributed by atoms with Gasteiger partial charge in [0.05, 0.1) is 18.5 Å². The van der Waals surface area contributed by atoms with Gasteiger partial charge in [-0.05, 0) is 41.8 Å². The van der Waals surface area contributed by atoms with Gasteiger partial charge in [0.25, 0.3) is 0 Å². The average Bonchev–Trinajstić information content (AvgIpc) is 3.21. The summed E-state index contributed by atoms with van der Waals surface area (Å²) < 4.78 is 7.37. The first kappa shape index (κ1) is 20.9. The second kappa shape index (κ2) is 10.6. The molecular formula is C22H25ClN4O2. The van der Waals surface area contributed by atoms with Gasteiger partial charge in [-0.25, -0.2) is 9.48 Å². The zero-order valence-corrected chi connectivity index (χ0v) is 17.2. The van der Waals surface area contributed by atoms with Crippen LogP contribution in [0, 0.1) is 0 Å². The van der Waals surface area contributed by atoms with Crippen molar-refractivity contribution < 1.29 is 9.53 Å². The van der Waals surface area contributed by atoms with Crippen molar-refractivity contribution in [3.8, 4) is 5.69 Å². The second-order valence-electron chi connectivity index (χ2n) is 6.63. The molecule has 0 aliphatic carbocycles. The van der Waals surface area contributed by atoms with Gasteiger partial charge in [0.1, 0.15) is 0 Å². The normalized spacial score (nSPS) is 10.7. The Bertz CT molecular complexity index is 925. The van der Waals surface area contributed by atoms with E-state index in [-0.39, 0.29) is 6.03 Å². The standard InChI is InChI=1S/C22H25ClN4O2/c1-2-11-29-16-19-6-4-3-5-18(19)14-25-22(28)24-12-17-13-26-27(15-17)21-9-7-20(23)8-10-21/h3-10,13,15H,2,11-12,14,16H2,1H3,(H2,24,25,28). The summed E-state index contributed by atoms with van der Waals surface area (Å²) in [4.78, 5) is 12.2. The van der Waals surface area contributed by atoms with Crippen LogP contribution >= 0.6 is 11.6 Å². The Hall–Kier alpha value is -2.83. The van der Waals surface area contributed by atoms with Crippen molar-refractivity contribution in [2.24, 2.45) is 0 Å². The van der Waals surface area contributed by atoms with Gasteiger partial charge in [-0.15, -0.1) is 0 Å². The predicted molar refractivity (Wildman–Crippen MR) is 114 cm³/mol. The third-order valence-corrected chi connectivity index (χ3v) is 4.60. The highest BCUT2D eigenvalue weighted by molar-refractivity contribution is 6.30. The van der Waals surface area contributed by atoms with Crippen molar-refractivity contribution >= 4 is 17.6 Å². The maximum Gasteiger partial charge on any atom is 0.315 e. The van der Waals surface area contributed by atoms with E-state index >= 15 is 0 Å². The number of hydrogen-bond acceptors (Lipinski definition) is 3. The molecule has 0 fully saturated rings. The van der Waals surface area contributed by atoms with Gasteiger partial charge in [0.2, 0.25) is 0 Å². The minimum Gasteiger partial charge on any atom is -0.377 e. The number of urea groups is 1. The van der Waals surface area contributed by atoms with Crippen molar-refractivity contribution in [1.29, 1.82) is 0 Å². The van der Waals surface area contributed by atoms with Gasteiger partial charge < -0.3 is 15.4 Å². The van der Waals surface area contributed by atoms with Gasteiger partial charge in [-0.1, -0.05) is 42.8 Å². The minimum atomic E-state index is -0.228. The van der Waals surface area contributed by atoms with Crippen LogP contribution in [0.15, 0.2) is 60.9 Å². The van der Waals surface area contributed by atoms with Crippen LogP contribution in [0.5, 0.6) is 0 Å². The first-order valence-corrected chi connectivity index (χ1v) is 9.99. The number of amides is 2. The Balaban J connectivity index is 1.48. The lowest BCUT2D eigenvalue weighted by Crippen LogP contribution is -2.34. The largest absolute Gasteiger partial charge is 0.377 e. The molecule has 152 valence electrons. The third-order valence-electron chi connectivity index (χ3n) is 4.34. The Kier molecular flexibility index (Phi) is 7.67. The molecule has 0 aliphatic heterocycles. The highest BCUT2D eigenvalue weighted by Gasteiger charge is 2.06. The molecule has 1 aromatic heterocycles. The predicted octanol–water partition coefficient (Wildman–Crippen LogP) is 4.45. The quantitative estimate of drug-likeness (QED) is 0.510. The first-order valence-electron chi connectivity index (χ1n) is 9.61. The fourth-order valence-electron chi connectivity index (χ4n) is 2.80. The van der Waals surface area contributed by atoms with E-state index in [4.69, 9.17) is 16.3 Å². The molecule has 2 N–H and O–H groups in total. The molecule has 0 aliphatic rings. The van der Waals surface area contributed by atoms with Gasteiger partial charge in [-0.3, -0.25) is 0 Å². The fourth-order valence-corrected chi connectivity index (χ4v) is 2.93. The van der Waals surface area contributed by atoms with Crippen molar-refractivity contribution in [3.05, 3.63) is 82.6 Å². The van der Waals surface area contributed by atoms with Crippen LogP contribution in [0.25, 0.3) is 5.69 Å². The molecule has 7 heteroatoms. The van der Waals surface area contributed by atoms with E-state index in [1.807, 2.05) is 54.7 Å². The molecule has 0 bridgehead atoms. The van der Waals surface area contributed by atoms with Crippen molar-refractivity contribution in [1.82, 2.24) is 20.4 Å². The lowest BCUT2D eigenvalue weighted by molar-refractivity contribution is 0.121. The molecule has 0 spiro atoms. The fraction of sp³-hybridized carbons (Fsp3) is 0.273. The molecular weight excluding hydrogens is 388 g/mol. The zero-order chi connectivity index (χ0) is 20.5. The molecule has 2 amide bonds. The van der Waals surface area contributed by atoms with Crippen molar-refractivity contribution in [3.63, 3.8) is 0 Å². The highest BCUT2D eigenvalue weighted by Crippen LogP contribution is 2.13. The summed E-state index contributed by atoms with van der Waals surface area (Å²) in [6, 6.07) is 15.1. The molecule has 1 heterocycles. The van der Waals surface area contributed by atoms with Crippen LogP contribution in [0.3, 0.4) is 0 Å². The molecule has 0 unspecified atom stereocenters. The van der Waals surface area contributed by atoms with E-state index in [2.05, 4.69) is 22.7 Å². The van der Waals surface area contributed by atoms with Gasteiger partial charge >= 0.3 is 6.03 Å². The number of carbonyl (C=O) groups excluding carboxylic acids is 1. The summed E-state index contributed by atoms with van der Waals surface area (Å²) in [7, 11) is 0. The number of rotatable bonds is 9. The highest BCUT2D eigenvalue weighted by atomic mass is 35.5. The smallest absolute Gasteiger partial charge is 0.315 e. The molecule has 6 nitrogen and oxygen atoms in total. The molecule has 0 saturated carbocycles. The monoisotopic (exact) mass is 412 g/mol. The molecule has 3 rings (SSSR count). The lowest BCUT2D eigenvalue weighted by Gasteiger charge is -2.11. The first-order chi connectivity index (χ1) is 14.2. The van der Waals surface area contributed by atoms with Crippen molar-refractivity contribution in [2.75, 3.05) is 6.61 Å². The van der Waals surface area contributed by atoms with Crippen LogP contribution in [0.4, 0.5) is 4.79 Å². The summed E-state index contributed by atoms with van der Waals surface area (Å²) in [5.41, 5.74) is 3.95. The molecule has 2 aromatic carbocycles. The molecule has 0 atom stereocenters. The zero-order valence-electron chi connectivity index (χ0n) is 16.4. The number of benzene rings is 2. The maximum absolute atomic E-state index is 12.2. The van der Waals surface area contributed by atoms with Gasteiger partial charge in [0, 0.05) is 36.5 Å². The number of carbonyl (C=O) groups is 1.